The Morgan fingerprint density at radius 1 is 0.957 bits per heavy atom. The molecule has 0 fully saturated rings. The number of nitrogens with two attached hydrogens (primary N) is 3. The van der Waals surface area contributed by atoms with Gasteiger partial charge in [0.2, 0.25) is 0 Å². The highest BCUT2D eigenvalue weighted by Crippen LogP contribution is 1.98. The molecule has 0 saturated carbocycles. The van der Waals surface area contributed by atoms with Crippen molar-refractivity contribution in [3.8, 4) is 0 Å². The zero-order valence-corrected chi connectivity index (χ0v) is 14.9. The van der Waals surface area contributed by atoms with Crippen LogP contribution < -0.4 is 27.8 Å². The van der Waals surface area contributed by atoms with Crippen LogP contribution in [0, 0.1) is 0 Å². The Bertz CT molecular complexity index is 356. The number of rotatable bonds is 11. The van der Waals surface area contributed by atoms with Crippen molar-refractivity contribution < 1.29 is 9.59 Å². The van der Waals surface area contributed by atoms with E-state index in [2.05, 4.69) is 15.6 Å². The van der Waals surface area contributed by atoms with E-state index in [4.69, 9.17) is 17.2 Å². The van der Waals surface area contributed by atoms with Crippen LogP contribution in [0.15, 0.2) is 4.99 Å². The first-order valence-electron chi connectivity index (χ1n) is 7.90. The predicted octanol–water partition coefficient (Wildman–Crippen LogP) is -0.881. The Morgan fingerprint density at radius 3 is 1.70 bits per heavy atom. The van der Waals surface area contributed by atoms with Gasteiger partial charge in [0.05, 0.1) is 12.1 Å². The van der Waals surface area contributed by atoms with E-state index in [0.717, 1.165) is 25.7 Å². The van der Waals surface area contributed by atoms with E-state index >= 15 is 0 Å². The Labute approximate surface area is 139 Å². The molecule has 0 spiro atoms. The van der Waals surface area contributed by atoms with Crippen LogP contribution in [0.25, 0.3) is 0 Å². The quantitative estimate of drug-likeness (QED) is 0.188. The standard InChI is InChI=1S/C8H18N4O.C7H16N2O/c1-6(13)7(11-2)4-3-5-12-8(9)10;1-6(10)7(9-2)4-3-5-8/h7,11H,3-5H2,1-2H3,(H4,9,10,12);7,9H,3-5,8H2,1-2H3/t;7-/m.0/s1. The second-order valence-electron chi connectivity index (χ2n) is 5.28. The normalized spacial score (nSPS) is 12.6. The van der Waals surface area contributed by atoms with Crippen molar-refractivity contribution in [1.82, 2.24) is 10.6 Å². The van der Waals surface area contributed by atoms with Crippen LogP contribution in [0.5, 0.6) is 0 Å². The summed E-state index contributed by atoms with van der Waals surface area (Å²) in [5, 5.41) is 5.86. The van der Waals surface area contributed by atoms with Crippen molar-refractivity contribution in [3.05, 3.63) is 0 Å². The summed E-state index contributed by atoms with van der Waals surface area (Å²) in [6.07, 6.45) is 3.33. The maximum atomic E-state index is 11.0. The second-order valence-corrected chi connectivity index (χ2v) is 5.28. The summed E-state index contributed by atoms with van der Waals surface area (Å²) in [6, 6.07) is -0.0715. The number of hydrogen-bond donors (Lipinski definition) is 5. The number of hydrogen-bond acceptors (Lipinski definition) is 6. The average molecular weight is 330 g/mol. The van der Waals surface area contributed by atoms with E-state index in [9.17, 15) is 9.59 Å². The smallest absolute Gasteiger partial charge is 0.185 e. The first kappa shape index (κ1) is 23.8. The number of nitrogens with one attached hydrogen (secondary N) is 2. The minimum absolute atomic E-state index is 0.00329. The fraction of sp³-hybridized carbons (Fsp3) is 0.800. The fourth-order valence-corrected chi connectivity index (χ4v) is 1.93. The molecule has 0 heterocycles. The number of nitrogens with zero attached hydrogens (tertiary/aromatic N) is 1. The van der Waals surface area contributed by atoms with Gasteiger partial charge in [-0.1, -0.05) is 0 Å². The number of ketones is 2. The van der Waals surface area contributed by atoms with Crippen molar-refractivity contribution in [1.29, 1.82) is 0 Å². The molecule has 0 radical (unpaired) electrons. The van der Waals surface area contributed by atoms with E-state index < -0.39 is 0 Å². The first-order chi connectivity index (χ1) is 10.8. The lowest BCUT2D eigenvalue weighted by atomic mass is 10.1. The van der Waals surface area contributed by atoms with Crippen LogP contribution in [-0.2, 0) is 9.59 Å². The number of carbonyl (C=O) groups excluding carboxylic acids is 2. The van der Waals surface area contributed by atoms with Gasteiger partial charge in [0.1, 0.15) is 11.6 Å². The largest absolute Gasteiger partial charge is 0.370 e. The summed E-state index contributed by atoms with van der Waals surface area (Å²) in [6.45, 7) is 4.40. The minimum Gasteiger partial charge on any atom is -0.370 e. The van der Waals surface area contributed by atoms with Gasteiger partial charge < -0.3 is 27.8 Å². The molecule has 0 amide bonds. The van der Waals surface area contributed by atoms with E-state index in [1.165, 1.54) is 0 Å². The third kappa shape index (κ3) is 15.2. The molecule has 136 valence electrons. The summed E-state index contributed by atoms with van der Waals surface area (Å²) < 4.78 is 0. The highest BCUT2D eigenvalue weighted by Gasteiger charge is 2.10. The molecule has 1 unspecified atom stereocenters. The van der Waals surface area contributed by atoms with E-state index in [0.29, 0.717) is 13.1 Å². The van der Waals surface area contributed by atoms with Crippen LogP contribution in [0.3, 0.4) is 0 Å². The van der Waals surface area contributed by atoms with Gasteiger partial charge in [-0.15, -0.1) is 0 Å². The molecule has 0 aliphatic rings. The summed E-state index contributed by atoms with van der Waals surface area (Å²) >= 11 is 0. The van der Waals surface area contributed by atoms with E-state index in [1.54, 1.807) is 27.9 Å². The fourth-order valence-electron chi connectivity index (χ4n) is 1.93. The van der Waals surface area contributed by atoms with Crippen molar-refractivity contribution in [3.63, 3.8) is 0 Å². The van der Waals surface area contributed by atoms with Crippen LogP contribution in [0.1, 0.15) is 39.5 Å². The molecule has 8 heteroatoms. The summed E-state index contributed by atoms with van der Waals surface area (Å²) in [5.41, 5.74) is 15.6. The monoisotopic (exact) mass is 330 g/mol. The van der Waals surface area contributed by atoms with Crippen LogP contribution in [-0.4, -0.2) is 56.8 Å². The summed E-state index contributed by atoms with van der Waals surface area (Å²) in [4.78, 5) is 25.6. The molecule has 0 bridgehead atoms. The Hall–Kier alpha value is -1.51. The van der Waals surface area contributed by atoms with Gasteiger partial charge in [-0.05, 0) is 60.2 Å². The molecule has 0 aromatic carbocycles. The topological polar surface area (TPSA) is 149 Å². The maximum Gasteiger partial charge on any atom is 0.185 e. The number of likely N-dealkylation sites (N-methyl/N-ethyl adjacent to an activating group) is 2. The molecule has 0 rings (SSSR count). The highest BCUT2D eigenvalue weighted by atomic mass is 16.1. The number of guanidine groups is 1. The van der Waals surface area contributed by atoms with Crippen molar-refractivity contribution in [2.45, 2.75) is 51.6 Å². The lowest BCUT2D eigenvalue weighted by molar-refractivity contribution is -0.119. The van der Waals surface area contributed by atoms with Gasteiger partial charge in [0.25, 0.3) is 0 Å². The van der Waals surface area contributed by atoms with Gasteiger partial charge >= 0.3 is 0 Å². The molecular weight excluding hydrogens is 296 g/mol. The molecule has 8 nitrogen and oxygen atoms in total. The third-order valence-electron chi connectivity index (χ3n) is 3.32. The SMILES string of the molecule is CNC(CCCN=C(N)N)C(C)=O.CN[C@@H](CCCN)C(C)=O. The molecule has 0 aliphatic heterocycles. The zero-order chi connectivity index (χ0) is 18.3. The molecule has 0 aliphatic carbocycles. The molecule has 23 heavy (non-hydrogen) atoms. The maximum absolute atomic E-state index is 11.0. The van der Waals surface area contributed by atoms with Crippen LogP contribution in [0.2, 0.25) is 0 Å². The van der Waals surface area contributed by atoms with Gasteiger partial charge in [-0.3, -0.25) is 14.6 Å². The average Bonchev–Trinajstić information content (AvgIpc) is 2.47. The lowest BCUT2D eigenvalue weighted by Crippen LogP contribution is -2.32. The van der Waals surface area contributed by atoms with Gasteiger partial charge in [-0.2, -0.15) is 0 Å². The predicted molar refractivity (Wildman–Crippen MR) is 95.3 cm³/mol. The zero-order valence-electron chi connectivity index (χ0n) is 14.9. The number of aliphatic imine (C=N–C) groups is 1. The number of carbonyl (C=O) groups is 2. The first-order valence-corrected chi connectivity index (χ1v) is 7.90. The summed E-state index contributed by atoms with van der Waals surface area (Å²) in [7, 11) is 3.56. The highest BCUT2D eigenvalue weighted by molar-refractivity contribution is 5.81. The van der Waals surface area contributed by atoms with Gasteiger partial charge in [-0.25, -0.2) is 0 Å². The molecule has 2 atom stereocenters. The van der Waals surface area contributed by atoms with E-state index in [-0.39, 0.29) is 29.6 Å². The Kier molecular flexibility index (Phi) is 15.9. The Morgan fingerprint density at radius 2 is 1.39 bits per heavy atom. The van der Waals surface area contributed by atoms with Crippen LogP contribution >= 0.6 is 0 Å². The third-order valence-corrected chi connectivity index (χ3v) is 3.32. The van der Waals surface area contributed by atoms with E-state index in [1.807, 2.05) is 0 Å². The van der Waals surface area contributed by atoms with Crippen molar-refractivity contribution in [2.24, 2.45) is 22.2 Å². The summed E-state index contributed by atoms with van der Waals surface area (Å²) in [5.74, 6) is 0.437. The Balaban J connectivity index is 0. The molecule has 0 aromatic rings. The van der Waals surface area contributed by atoms with Crippen molar-refractivity contribution in [2.75, 3.05) is 27.2 Å². The lowest BCUT2D eigenvalue weighted by Gasteiger charge is -2.10. The minimum atomic E-state index is -0.0748. The second kappa shape index (κ2) is 15.4. The molecular formula is C15H34N6O2. The molecule has 0 aromatic heterocycles. The number of Topliss-reactive ketones (excluding diaryl/α,β-unsaturated/α-hetero) is 2. The van der Waals surface area contributed by atoms with Crippen LogP contribution in [0.4, 0.5) is 0 Å². The van der Waals surface area contributed by atoms with Gasteiger partial charge in [0, 0.05) is 6.54 Å². The van der Waals surface area contributed by atoms with Crippen molar-refractivity contribution >= 4 is 17.5 Å². The molecule has 8 N–H and O–H groups in total. The van der Waals surface area contributed by atoms with Gasteiger partial charge in [0.15, 0.2) is 5.96 Å². The molecule has 0 saturated heterocycles.